The maximum absolute atomic E-state index is 11.6. The van der Waals surface area contributed by atoms with Crippen LogP contribution in [-0.2, 0) is 6.54 Å². The summed E-state index contributed by atoms with van der Waals surface area (Å²) in [6.07, 6.45) is 7.97. The van der Waals surface area contributed by atoms with Gasteiger partial charge in [-0.25, -0.2) is 5.84 Å². The van der Waals surface area contributed by atoms with E-state index in [1.165, 1.54) is 32.1 Å². The third kappa shape index (κ3) is 3.84. The van der Waals surface area contributed by atoms with Gasteiger partial charge in [0.05, 0.1) is 6.26 Å². The summed E-state index contributed by atoms with van der Waals surface area (Å²) in [6.45, 7) is 5.21. The Morgan fingerprint density at radius 1 is 1.50 bits per heavy atom. The number of nitrogen functional groups attached to an aromatic ring is 1. The molecule has 1 aromatic heterocycles. The molecule has 2 heterocycles. The van der Waals surface area contributed by atoms with Gasteiger partial charge in [-0.1, -0.05) is 19.8 Å². The van der Waals surface area contributed by atoms with Crippen molar-refractivity contribution < 1.29 is 9.21 Å². The van der Waals surface area contributed by atoms with E-state index in [4.69, 9.17) is 10.3 Å². The largest absolute Gasteiger partial charge is 0.459 e. The lowest BCUT2D eigenvalue weighted by molar-refractivity contribution is 0.0923. The Morgan fingerprint density at radius 3 is 3.10 bits per heavy atom. The Hall–Kier alpha value is -1.33. The van der Waals surface area contributed by atoms with Gasteiger partial charge in [0.15, 0.2) is 5.76 Å². The second-order valence-electron chi connectivity index (χ2n) is 5.61. The number of furan rings is 1. The molecule has 1 aromatic rings. The Bertz CT molecular complexity index is 431. The fraction of sp³-hybridized carbons (Fsp3) is 0.667. The first-order valence-corrected chi connectivity index (χ1v) is 7.54. The van der Waals surface area contributed by atoms with E-state index in [0.29, 0.717) is 5.76 Å². The second kappa shape index (κ2) is 7.45. The van der Waals surface area contributed by atoms with Crippen molar-refractivity contribution in [2.45, 2.75) is 45.6 Å². The first-order valence-electron chi connectivity index (χ1n) is 7.54. The molecule has 5 nitrogen and oxygen atoms in total. The molecule has 1 aliphatic heterocycles. The molecule has 1 amide bonds. The Kier molecular flexibility index (Phi) is 5.61. The topological polar surface area (TPSA) is 71.5 Å². The normalized spacial score (nSPS) is 20.6. The molecule has 1 aliphatic rings. The molecule has 1 fully saturated rings. The van der Waals surface area contributed by atoms with E-state index in [9.17, 15) is 4.79 Å². The van der Waals surface area contributed by atoms with E-state index < -0.39 is 0 Å². The molecular formula is C15H25N3O2. The first-order chi connectivity index (χ1) is 9.74. The van der Waals surface area contributed by atoms with Crippen LogP contribution in [0.3, 0.4) is 0 Å². The Labute approximate surface area is 120 Å². The summed E-state index contributed by atoms with van der Waals surface area (Å²) in [5, 5.41) is 0. The minimum Gasteiger partial charge on any atom is -0.459 e. The van der Waals surface area contributed by atoms with E-state index >= 15 is 0 Å². The molecule has 0 spiro atoms. The fourth-order valence-corrected chi connectivity index (χ4v) is 3.05. The van der Waals surface area contributed by atoms with Crippen molar-refractivity contribution in [1.29, 1.82) is 0 Å². The summed E-state index contributed by atoms with van der Waals surface area (Å²) in [7, 11) is 0. The number of rotatable bonds is 5. The number of hydrogen-bond donors (Lipinski definition) is 2. The molecule has 0 radical (unpaired) electrons. The zero-order valence-corrected chi connectivity index (χ0v) is 12.2. The molecule has 0 aromatic carbocycles. The summed E-state index contributed by atoms with van der Waals surface area (Å²) in [5.41, 5.74) is 3.05. The Balaban J connectivity index is 1.93. The van der Waals surface area contributed by atoms with Crippen LogP contribution in [0, 0.1) is 5.92 Å². The molecule has 112 valence electrons. The van der Waals surface area contributed by atoms with Gasteiger partial charge in [0.1, 0.15) is 0 Å². The lowest BCUT2D eigenvalue weighted by Gasteiger charge is -2.19. The van der Waals surface area contributed by atoms with Crippen molar-refractivity contribution in [3.8, 4) is 0 Å². The maximum Gasteiger partial charge on any atom is 0.301 e. The van der Waals surface area contributed by atoms with E-state index in [-0.39, 0.29) is 5.91 Å². The predicted octanol–water partition coefficient (Wildman–Crippen LogP) is 2.29. The smallest absolute Gasteiger partial charge is 0.301 e. The van der Waals surface area contributed by atoms with Gasteiger partial charge in [-0.15, -0.1) is 0 Å². The molecular weight excluding hydrogens is 254 g/mol. The molecule has 2 rings (SSSR count). The van der Waals surface area contributed by atoms with Crippen LogP contribution in [0.25, 0.3) is 0 Å². The highest BCUT2D eigenvalue weighted by atomic mass is 16.3. The highest BCUT2D eigenvalue weighted by Crippen LogP contribution is 2.23. The van der Waals surface area contributed by atoms with Gasteiger partial charge in [-0.05, 0) is 44.3 Å². The SMILES string of the molecule is CCCC1CCCN(Cc2ccoc2C(=O)NN)CC1. The molecule has 1 unspecified atom stereocenters. The number of likely N-dealkylation sites (tertiary alicyclic amines) is 1. The predicted molar refractivity (Wildman–Crippen MR) is 77.9 cm³/mol. The molecule has 1 atom stereocenters. The number of amides is 1. The fourth-order valence-electron chi connectivity index (χ4n) is 3.05. The average Bonchev–Trinajstić information content (AvgIpc) is 2.80. The van der Waals surface area contributed by atoms with Gasteiger partial charge in [-0.2, -0.15) is 0 Å². The number of nitrogens with two attached hydrogens (primary N) is 1. The second-order valence-corrected chi connectivity index (χ2v) is 5.61. The number of nitrogens with zero attached hydrogens (tertiary/aromatic N) is 1. The quantitative estimate of drug-likeness (QED) is 0.493. The van der Waals surface area contributed by atoms with Crippen molar-refractivity contribution in [2.24, 2.45) is 11.8 Å². The van der Waals surface area contributed by atoms with Crippen LogP contribution >= 0.6 is 0 Å². The molecule has 20 heavy (non-hydrogen) atoms. The first kappa shape index (κ1) is 15.1. The van der Waals surface area contributed by atoms with Crippen LogP contribution in [0.4, 0.5) is 0 Å². The van der Waals surface area contributed by atoms with E-state index in [2.05, 4.69) is 17.2 Å². The molecule has 0 saturated carbocycles. The number of carbonyl (C=O) groups is 1. The van der Waals surface area contributed by atoms with Gasteiger partial charge >= 0.3 is 5.91 Å². The number of hydrazine groups is 1. The van der Waals surface area contributed by atoms with Crippen molar-refractivity contribution in [3.63, 3.8) is 0 Å². The van der Waals surface area contributed by atoms with Gasteiger partial charge in [-0.3, -0.25) is 15.1 Å². The molecule has 0 aliphatic carbocycles. The van der Waals surface area contributed by atoms with Crippen LogP contribution in [0.2, 0.25) is 0 Å². The van der Waals surface area contributed by atoms with Gasteiger partial charge in [0, 0.05) is 12.1 Å². The third-order valence-corrected chi connectivity index (χ3v) is 4.12. The minimum absolute atomic E-state index is 0.335. The van der Waals surface area contributed by atoms with Crippen LogP contribution in [-0.4, -0.2) is 23.9 Å². The summed E-state index contributed by atoms with van der Waals surface area (Å²) >= 11 is 0. The molecule has 0 bridgehead atoms. The zero-order valence-electron chi connectivity index (χ0n) is 12.2. The average molecular weight is 279 g/mol. The number of carbonyl (C=O) groups excluding carboxylic acids is 1. The highest BCUT2D eigenvalue weighted by molar-refractivity contribution is 5.92. The third-order valence-electron chi connectivity index (χ3n) is 4.12. The summed E-state index contributed by atoms with van der Waals surface area (Å²) in [4.78, 5) is 14.0. The molecule has 3 N–H and O–H groups in total. The van der Waals surface area contributed by atoms with Crippen LogP contribution in [0.5, 0.6) is 0 Å². The lowest BCUT2D eigenvalue weighted by atomic mass is 9.96. The summed E-state index contributed by atoms with van der Waals surface area (Å²) < 4.78 is 5.23. The van der Waals surface area contributed by atoms with Crippen molar-refractivity contribution in [3.05, 3.63) is 23.7 Å². The molecule has 1 saturated heterocycles. The molecule has 5 heteroatoms. The maximum atomic E-state index is 11.6. The van der Waals surface area contributed by atoms with E-state index in [1.54, 1.807) is 6.26 Å². The monoisotopic (exact) mass is 279 g/mol. The van der Waals surface area contributed by atoms with Gasteiger partial charge in [0.2, 0.25) is 0 Å². The van der Waals surface area contributed by atoms with Crippen LogP contribution < -0.4 is 11.3 Å². The standard InChI is InChI=1S/C15H25N3O2/c1-2-4-12-5-3-8-18(9-6-12)11-13-7-10-20-14(13)15(19)17-16/h7,10,12H,2-6,8-9,11,16H2,1H3,(H,17,19). The van der Waals surface area contributed by atoms with Gasteiger partial charge < -0.3 is 4.42 Å². The van der Waals surface area contributed by atoms with Gasteiger partial charge in [0.25, 0.3) is 0 Å². The Morgan fingerprint density at radius 2 is 2.35 bits per heavy atom. The van der Waals surface area contributed by atoms with Crippen molar-refractivity contribution in [1.82, 2.24) is 10.3 Å². The zero-order chi connectivity index (χ0) is 14.4. The van der Waals surface area contributed by atoms with Crippen LogP contribution in [0.15, 0.2) is 16.7 Å². The van der Waals surface area contributed by atoms with E-state index in [1.807, 2.05) is 6.07 Å². The van der Waals surface area contributed by atoms with Crippen molar-refractivity contribution in [2.75, 3.05) is 13.1 Å². The van der Waals surface area contributed by atoms with Crippen molar-refractivity contribution >= 4 is 5.91 Å². The number of nitrogens with one attached hydrogen (secondary N) is 1. The highest BCUT2D eigenvalue weighted by Gasteiger charge is 2.20. The lowest BCUT2D eigenvalue weighted by Crippen LogP contribution is -2.31. The van der Waals surface area contributed by atoms with Crippen LogP contribution in [0.1, 0.15) is 55.1 Å². The summed E-state index contributed by atoms with van der Waals surface area (Å²) in [5.74, 6) is 6.01. The minimum atomic E-state index is -0.358. The van der Waals surface area contributed by atoms with E-state index in [0.717, 1.165) is 31.1 Å². The summed E-state index contributed by atoms with van der Waals surface area (Å²) in [6, 6.07) is 1.86. The number of hydrogen-bond acceptors (Lipinski definition) is 4.